The second-order valence-electron chi connectivity index (χ2n) is 15.0. The topological polar surface area (TPSA) is 191 Å². The van der Waals surface area contributed by atoms with E-state index >= 15 is 4.39 Å². The van der Waals surface area contributed by atoms with Crippen molar-refractivity contribution in [2.45, 2.75) is 75.3 Å². The molecule has 1 saturated carbocycles. The van der Waals surface area contributed by atoms with Crippen molar-refractivity contribution in [3.8, 4) is 28.1 Å². The number of nitrogens with one attached hydrogen (secondary N) is 1. The molecule has 0 aliphatic heterocycles. The number of aromatic hydroxyl groups is 1. The molecule has 0 spiro atoms. The van der Waals surface area contributed by atoms with E-state index in [0.717, 1.165) is 3.97 Å². The number of amides is 1. The van der Waals surface area contributed by atoms with E-state index in [1.165, 1.54) is 71.6 Å². The molecule has 1 unspecified atom stereocenters. The Hall–Kier alpha value is -6.01. The average molecular weight is 804 g/mol. The Morgan fingerprint density at radius 3 is 2.35 bits per heavy atom. The molecule has 6 aromatic rings. The molecule has 0 saturated heterocycles. The van der Waals surface area contributed by atoms with Crippen molar-refractivity contribution in [3.05, 3.63) is 83.4 Å². The van der Waals surface area contributed by atoms with E-state index in [1.54, 1.807) is 58.2 Å². The zero-order chi connectivity index (χ0) is 41.1. The van der Waals surface area contributed by atoms with Crippen molar-refractivity contribution < 1.29 is 41.7 Å². The van der Waals surface area contributed by atoms with E-state index in [2.05, 4.69) is 15.4 Å². The number of phenols is 1. The number of methoxy groups -OCH3 is 1. The number of hydrogen-bond donors (Lipinski definition) is 2. The van der Waals surface area contributed by atoms with Gasteiger partial charge in [0.1, 0.15) is 11.4 Å². The van der Waals surface area contributed by atoms with Crippen LogP contribution in [0, 0.1) is 5.95 Å². The number of aryl methyl sites for hydroxylation is 2. The first-order valence-corrected chi connectivity index (χ1v) is 19.5. The number of carbonyl (C=O) groups excluding carboxylic acids is 2. The number of nitrogens with zero attached hydrogens (tertiary/aromatic N) is 6. The summed E-state index contributed by atoms with van der Waals surface area (Å²) in [6.45, 7) is 6.66. The number of esters is 1. The van der Waals surface area contributed by atoms with Gasteiger partial charge in [0, 0.05) is 31.9 Å². The highest BCUT2D eigenvalue weighted by atomic mass is 32.2. The second-order valence-corrected chi connectivity index (χ2v) is 16.8. The van der Waals surface area contributed by atoms with Crippen LogP contribution in [0.25, 0.3) is 44.5 Å². The van der Waals surface area contributed by atoms with Crippen LogP contribution in [-0.2, 0) is 43.1 Å². The number of ether oxygens (including phenoxy) is 3. The fourth-order valence-corrected chi connectivity index (χ4v) is 9.02. The first-order valence-electron chi connectivity index (χ1n) is 18.1. The number of aromatic nitrogens is 6. The van der Waals surface area contributed by atoms with Crippen molar-refractivity contribution in [1.82, 2.24) is 33.2 Å². The molecule has 1 amide bonds. The summed E-state index contributed by atoms with van der Waals surface area (Å²) < 4.78 is 67.3. The number of halogens is 1. The normalized spacial score (nSPS) is 17.9. The van der Waals surface area contributed by atoms with Crippen LogP contribution in [-0.4, -0.2) is 84.4 Å². The van der Waals surface area contributed by atoms with Gasteiger partial charge < -0.3 is 24.6 Å². The highest BCUT2D eigenvalue weighted by Crippen LogP contribution is 2.47. The van der Waals surface area contributed by atoms with Gasteiger partial charge in [-0.15, -0.1) is 5.10 Å². The number of phenolic OH excluding ortho intramolecular Hbond substituents is 1. The molecule has 16 nitrogen and oxygen atoms in total. The lowest BCUT2D eigenvalue weighted by molar-refractivity contribution is -0.157. The van der Waals surface area contributed by atoms with Gasteiger partial charge in [0.15, 0.2) is 11.8 Å². The molecule has 18 heteroatoms. The SMILES string of the molecule is COC(=O)C(C)O[C@H]1C[C@@H](n2c(=O)n(C)c3cnc4c(c(-c5ccc(O)cc5)c(-c5cn(C)nc5F)n4S(=O)(=O)c4ccccc4)c32)C[C@@H]1NC(=O)OC(C)(C)C. The molecule has 7 rings (SSSR count). The summed E-state index contributed by atoms with van der Waals surface area (Å²) in [7, 11) is -0.264. The summed E-state index contributed by atoms with van der Waals surface area (Å²) in [6, 6.07) is 12.1. The largest absolute Gasteiger partial charge is 0.508 e. The molecule has 1 aliphatic rings. The smallest absolute Gasteiger partial charge is 0.407 e. The lowest BCUT2D eigenvalue weighted by Gasteiger charge is -2.26. The first kappa shape index (κ1) is 39.2. The Bertz CT molecular complexity index is 2700. The van der Waals surface area contributed by atoms with Crippen molar-refractivity contribution in [1.29, 1.82) is 0 Å². The Kier molecular flexibility index (Phi) is 9.97. The molecule has 4 atom stereocenters. The van der Waals surface area contributed by atoms with Crippen LogP contribution in [0.4, 0.5) is 9.18 Å². The number of fused-ring (bicyclic) bond motifs is 3. The summed E-state index contributed by atoms with van der Waals surface area (Å²) >= 11 is 0. The minimum absolute atomic E-state index is 0.0740. The Morgan fingerprint density at radius 2 is 1.74 bits per heavy atom. The van der Waals surface area contributed by atoms with Gasteiger partial charge in [-0.1, -0.05) is 30.3 Å². The van der Waals surface area contributed by atoms with Gasteiger partial charge in [0.05, 0.1) is 58.0 Å². The zero-order valence-electron chi connectivity index (χ0n) is 32.3. The maximum atomic E-state index is 16.0. The number of carbonyl (C=O) groups is 2. The molecule has 1 aliphatic carbocycles. The van der Waals surface area contributed by atoms with Crippen molar-refractivity contribution in [2.24, 2.45) is 14.1 Å². The summed E-state index contributed by atoms with van der Waals surface area (Å²) in [4.78, 5) is 44.6. The number of rotatable bonds is 9. The Morgan fingerprint density at radius 1 is 1.05 bits per heavy atom. The minimum Gasteiger partial charge on any atom is -0.508 e. The number of benzene rings is 2. The molecule has 1 fully saturated rings. The molecule has 4 aromatic heterocycles. The van der Waals surface area contributed by atoms with E-state index in [9.17, 15) is 27.9 Å². The van der Waals surface area contributed by atoms with Crippen LogP contribution in [0.15, 0.2) is 76.7 Å². The fourth-order valence-electron chi connectivity index (χ4n) is 7.51. The predicted octanol–water partition coefficient (Wildman–Crippen LogP) is 5.01. The van der Waals surface area contributed by atoms with Crippen molar-refractivity contribution in [2.75, 3.05) is 7.11 Å². The summed E-state index contributed by atoms with van der Waals surface area (Å²) in [5.74, 6) is -1.67. The summed E-state index contributed by atoms with van der Waals surface area (Å²) in [6.07, 6.45) is 0.413. The number of pyridine rings is 1. The fraction of sp³-hybridized carbons (Fsp3) is 0.359. The molecule has 300 valence electrons. The number of alkyl carbamates (subject to hydrolysis) is 1. The predicted molar refractivity (Wildman–Crippen MR) is 207 cm³/mol. The molecule has 2 aromatic carbocycles. The zero-order valence-corrected chi connectivity index (χ0v) is 33.1. The molecule has 57 heavy (non-hydrogen) atoms. The summed E-state index contributed by atoms with van der Waals surface area (Å²) in [5.41, 5.74) is -0.545. The molecule has 4 heterocycles. The quantitative estimate of drug-likeness (QED) is 0.187. The highest BCUT2D eigenvalue weighted by Gasteiger charge is 2.42. The van der Waals surface area contributed by atoms with Crippen molar-refractivity contribution >= 4 is 44.2 Å². The molecule has 0 radical (unpaired) electrons. The van der Waals surface area contributed by atoms with Gasteiger partial charge in [-0.25, -0.2) is 31.8 Å². The molecular weight excluding hydrogens is 762 g/mol. The van der Waals surface area contributed by atoms with Crippen LogP contribution >= 0.6 is 0 Å². The van der Waals surface area contributed by atoms with E-state index in [0.29, 0.717) is 11.1 Å². The van der Waals surface area contributed by atoms with Gasteiger partial charge in [-0.05, 0) is 70.4 Å². The van der Waals surface area contributed by atoms with Crippen LogP contribution in [0.3, 0.4) is 0 Å². The van der Waals surface area contributed by atoms with E-state index in [-0.39, 0.29) is 56.9 Å². The monoisotopic (exact) mass is 803 g/mol. The van der Waals surface area contributed by atoms with Gasteiger partial charge in [-0.3, -0.25) is 13.8 Å². The second kappa shape index (κ2) is 14.5. The van der Waals surface area contributed by atoms with Crippen LogP contribution in [0.5, 0.6) is 5.75 Å². The maximum absolute atomic E-state index is 16.0. The molecule has 0 bridgehead atoms. The van der Waals surface area contributed by atoms with Crippen LogP contribution in [0.2, 0.25) is 0 Å². The first-order chi connectivity index (χ1) is 26.9. The van der Waals surface area contributed by atoms with Gasteiger partial charge >= 0.3 is 17.8 Å². The van der Waals surface area contributed by atoms with Crippen LogP contribution < -0.4 is 11.0 Å². The van der Waals surface area contributed by atoms with Gasteiger partial charge in [0.2, 0.25) is 5.95 Å². The highest BCUT2D eigenvalue weighted by molar-refractivity contribution is 7.90. The minimum atomic E-state index is -4.54. The summed E-state index contributed by atoms with van der Waals surface area (Å²) in [5, 5.41) is 17.2. The third kappa shape index (κ3) is 7.03. The van der Waals surface area contributed by atoms with E-state index in [1.807, 2.05) is 0 Å². The lowest BCUT2D eigenvalue weighted by atomic mass is 9.99. The van der Waals surface area contributed by atoms with Crippen molar-refractivity contribution in [3.63, 3.8) is 0 Å². The van der Waals surface area contributed by atoms with Gasteiger partial charge in [0.25, 0.3) is 10.0 Å². The van der Waals surface area contributed by atoms with E-state index < -0.39 is 63.6 Å². The van der Waals surface area contributed by atoms with Gasteiger partial charge in [-0.2, -0.15) is 4.39 Å². The standard InChI is InChI=1S/C39H42FN7O9S/c1-21(36(49)54-7)55-29-18-23(17-27(29)42-37(50)56-39(2,3)4)46-33-28(45(6)38(46)51)19-41-35-31(33)30(22-13-15-24(48)16-14-22)32(26-20-44(5)43-34(26)40)47(35)57(52,53)25-11-9-8-10-12-25/h8-16,19-21,23,27,29,48H,17-18H2,1-7H3,(H,42,50)/t21?,23-,27-,29-/m0/s1. The Balaban J connectivity index is 1.55. The third-order valence-electron chi connectivity index (χ3n) is 9.92. The Labute approximate surface area is 326 Å². The molecule has 2 N–H and O–H groups in total. The number of hydrogen-bond acceptors (Lipinski definition) is 11. The van der Waals surface area contributed by atoms with E-state index in [4.69, 9.17) is 14.2 Å². The maximum Gasteiger partial charge on any atom is 0.407 e. The molecular formula is C39H42FN7O9S. The lowest BCUT2D eigenvalue weighted by Crippen LogP contribution is -2.45. The number of imidazole rings is 1. The van der Waals surface area contributed by atoms with Crippen LogP contribution in [0.1, 0.15) is 46.6 Å². The average Bonchev–Trinajstić information content (AvgIpc) is 3.88. The third-order valence-corrected chi connectivity index (χ3v) is 11.6.